The SMILES string of the molecule is N=c1n(Cc2ccccc2Cl)c2ccccc2n1-c1ccc(-c2ccccc2NC(=O)c2cccnc2)cc1. The summed E-state index contributed by atoms with van der Waals surface area (Å²) in [5, 5.41) is 12.8. The molecule has 2 aromatic heterocycles. The molecule has 0 bridgehead atoms. The van der Waals surface area contributed by atoms with Crippen molar-refractivity contribution >= 4 is 34.2 Å². The molecule has 0 unspecified atom stereocenters. The summed E-state index contributed by atoms with van der Waals surface area (Å²) in [6.07, 6.45) is 3.19. The molecule has 0 atom stereocenters. The number of rotatable bonds is 6. The van der Waals surface area contributed by atoms with Crippen LogP contribution in [0.5, 0.6) is 0 Å². The van der Waals surface area contributed by atoms with Gasteiger partial charge in [0.1, 0.15) is 0 Å². The molecule has 4 aromatic carbocycles. The van der Waals surface area contributed by atoms with E-state index < -0.39 is 0 Å². The van der Waals surface area contributed by atoms with Crippen molar-refractivity contribution < 1.29 is 4.79 Å². The monoisotopic (exact) mass is 529 g/mol. The van der Waals surface area contributed by atoms with Crippen molar-refractivity contribution in [1.82, 2.24) is 14.1 Å². The molecule has 2 heterocycles. The third-order valence-corrected chi connectivity index (χ3v) is 7.07. The van der Waals surface area contributed by atoms with E-state index in [-0.39, 0.29) is 5.91 Å². The van der Waals surface area contributed by atoms with Gasteiger partial charge in [-0.05, 0) is 59.7 Å². The van der Waals surface area contributed by atoms with Crippen molar-refractivity contribution in [3.05, 3.63) is 143 Å². The fraction of sp³-hybridized carbons (Fsp3) is 0.0312. The van der Waals surface area contributed by atoms with E-state index in [0.717, 1.165) is 33.4 Å². The first-order valence-corrected chi connectivity index (χ1v) is 12.9. The maximum absolute atomic E-state index is 12.8. The topological polar surface area (TPSA) is 75.7 Å². The van der Waals surface area contributed by atoms with Crippen molar-refractivity contribution in [2.45, 2.75) is 6.54 Å². The Labute approximate surface area is 230 Å². The smallest absolute Gasteiger partial charge is 0.257 e. The van der Waals surface area contributed by atoms with Crippen LogP contribution in [-0.4, -0.2) is 20.0 Å². The van der Waals surface area contributed by atoms with Crippen LogP contribution >= 0.6 is 11.6 Å². The molecule has 7 heteroatoms. The van der Waals surface area contributed by atoms with E-state index >= 15 is 0 Å². The van der Waals surface area contributed by atoms with Gasteiger partial charge >= 0.3 is 0 Å². The normalized spacial score (nSPS) is 11.0. The summed E-state index contributed by atoms with van der Waals surface area (Å²) in [4.78, 5) is 16.8. The number of halogens is 1. The number of amides is 1. The Bertz CT molecular complexity index is 1860. The highest BCUT2D eigenvalue weighted by atomic mass is 35.5. The first-order valence-electron chi connectivity index (χ1n) is 12.5. The number of para-hydroxylation sites is 3. The van der Waals surface area contributed by atoms with Crippen molar-refractivity contribution in [2.24, 2.45) is 0 Å². The minimum absolute atomic E-state index is 0.215. The Morgan fingerprint density at radius 3 is 2.31 bits per heavy atom. The van der Waals surface area contributed by atoms with Gasteiger partial charge in [-0.1, -0.05) is 72.3 Å². The van der Waals surface area contributed by atoms with Crippen molar-refractivity contribution in [3.63, 3.8) is 0 Å². The number of nitrogens with zero attached hydrogens (tertiary/aromatic N) is 3. The predicted molar refractivity (Wildman–Crippen MR) is 155 cm³/mol. The molecular formula is C32H24ClN5O. The van der Waals surface area contributed by atoms with Crippen LogP contribution in [0.3, 0.4) is 0 Å². The third kappa shape index (κ3) is 4.74. The zero-order valence-electron chi connectivity index (χ0n) is 20.9. The number of benzene rings is 4. The number of fused-ring (bicyclic) bond motifs is 1. The van der Waals surface area contributed by atoms with E-state index in [1.807, 2.05) is 106 Å². The Morgan fingerprint density at radius 1 is 0.821 bits per heavy atom. The molecule has 0 fully saturated rings. The molecule has 6 rings (SSSR count). The fourth-order valence-electron chi connectivity index (χ4n) is 4.77. The molecule has 6 nitrogen and oxygen atoms in total. The largest absolute Gasteiger partial charge is 0.321 e. The van der Waals surface area contributed by atoms with E-state index in [1.165, 1.54) is 0 Å². The van der Waals surface area contributed by atoms with Crippen LogP contribution in [0.1, 0.15) is 15.9 Å². The Morgan fingerprint density at radius 2 is 1.54 bits per heavy atom. The number of hydrogen-bond donors (Lipinski definition) is 2. The standard InChI is InChI=1S/C32H24ClN5O/c33-27-11-3-1-8-24(27)21-37-29-13-5-6-14-30(29)38(32(37)34)25-17-15-22(16-18-25)26-10-2-4-12-28(26)36-31(39)23-9-7-19-35-20-23/h1-20,34H,21H2,(H,36,39). The van der Waals surface area contributed by atoms with Crippen molar-refractivity contribution in [1.29, 1.82) is 5.41 Å². The summed E-state index contributed by atoms with van der Waals surface area (Å²) < 4.78 is 3.90. The van der Waals surface area contributed by atoms with Gasteiger partial charge < -0.3 is 9.88 Å². The predicted octanol–water partition coefficient (Wildman–Crippen LogP) is 6.93. The summed E-state index contributed by atoms with van der Waals surface area (Å²) in [5.41, 5.74) is 7.13. The molecule has 0 radical (unpaired) electrons. The first-order chi connectivity index (χ1) is 19.1. The van der Waals surface area contributed by atoms with Crippen LogP contribution in [0.2, 0.25) is 5.02 Å². The van der Waals surface area contributed by atoms with Gasteiger partial charge in [-0.3, -0.25) is 19.8 Å². The summed E-state index contributed by atoms with van der Waals surface area (Å²) in [6, 6.07) is 34.9. The van der Waals surface area contributed by atoms with Crippen LogP contribution in [0.25, 0.3) is 27.8 Å². The van der Waals surface area contributed by atoms with E-state index in [4.69, 9.17) is 17.0 Å². The highest BCUT2D eigenvalue weighted by Crippen LogP contribution is 2.30. The summed E-state index contributed by atoms with van der Waals surface area (Å²) in [5.74, 6) is -0.215. The zero-order chi connectivity index (χ0) is 26.8. The maximum Gasteiger partial charge on any atom is 0.257 e. The second kappa shape index (κ2) is 10.4. The fourth-order valence-corrected chi connectivity index (χ4v) is 4.97. The lowest BCUT2D eigenvalue weighted by Gasteiger charge is -2.12. The zero-order valence-corrected chi connectivity index (χ0v) is 21.6. The number of nitrogens with one attached hydrogen (secondary N) is 2. The highest BCUT2D eigenvalue weighted by molar-refractivity contribution is 6.31. The lowest BCUT2D eigenvalue weighted by molar-refractivity contribution is 0.102. The highest BCUT2D eigenvalue weighted by Gasteiger charge is 2.15. The van der Waals surface area contributed by atoms with Crippen molar-refractivity contribution in [3.8, 4) is 16.8 Å². The minimum Gasteiger partial charge on any atom is -0.321 e. The number of imidazole rings is 1. The quantitative estimate of drug-likeness (QED) is 0.245. The van der Waals surface area contributed by atoms with Crippen molar-refractivity contribution in [2.75, 3.05) is 5.32 Å². The van der Waals surface area contributed by atoms with E-state index in [0.29, 0.717) is 28.4 Å². The minimum atomic E-state index is -0.215. The number of aromatic nitrogens is 3. The van der Waals surface area contributed by atoms with Crippen LogP contribution < -0.4 is 10.9 Å². The molecule has 0 spiro atoms. The lowest BCUT2D eigenvalue weighted by Crippen LogP contribution is -2.24. The molecule has 0 saturated heterocycles. The summed E-state index contributed by atoms with van der Waals surface area (Å²) >= 11 is 6.45. The van der Waals surface area contributed by atoms with Gasteiger partial charge in [0.2, 0.25) is 5.62 Å². The third-order valence-electron chi connectivity index (χ3n) is 6.70. The molecule has 2 N–H and O–H groups in total. The van der Waals surface area contributed by atoms with Gasteiger partial charge in [0, 0.05) is 34.4 Å². The average molecular weight is 530 g/mol. The molecule has 190 valence electrons. The number of carbonyl (C=O) groups is 1. The molecule has 1 amide bonds. The number of anilines is 1. The van der Waals surface area contributed by atoms with Crippen LogP contribution in [0.4, 0.5) is 5.69 Å². The Hall–Kier alpha value is -4.94. The number of pyridine rings is 1. The van der Waals surface area contributed by atoms with Gasteiger partial charge in [0.25, 0.3) is 5.91 Å². The molecule has 39 heavy (non-hydrogen) atoms. The first kappa shape index (κ1) is 24.4. The van der Waals surface area contributed by atoms with E-state index in [9.17, 15) is 4.79 Å². The molecular weight excluding hydrogens is 506 g/mol. The Balaban J connectivity index is 1.36. The van der Waals surface area contributed by atoms with E-state index in [2.05, 4.69) is 10.3 Å². The Kier molecular flexibility index (Phi) is 6.53. The van der Waals surface area contributed by atoms with E-state index in [1.54, 1.807) is 24.5 Å². The molecule has 0 saturated carbocycles. The van der Waals surface area contributed by atoms with Gasteiger partial charge in [-0.15, -0.1) is 0 Å². The van der Waals surface area contributed by atoms with Gasteiger partial charge in [-0.2, -0.15) is 0 Å². The molecule has 0 aliphatic heterocycles. The molecule has 0 aliphatic rings. The van der Waals surface area contributed by atoms with Crippen LogP contribution in [0, 0.1) is 5.41 Å². The summed E-state index contributed by atoms with van der Waals surface area (Å²) in [6.45, 7) is 0.494. The number of carbonyl (C=O) groups excluding carboxylic acids is 1. The van der Waals surface area contributed by atoms with Gasteiger partial charge in [0.15, 0.2) is 0 Å². The van der Waals surface area contributed by atoms with Gasteiger partial charge in [-0.25, -0.2) is 0 Å². The van der Waals surface area contributed by atoms with Crippen LogP contribution in [-0.2, 0) is 6.54 Å². The average Bonchev–Trinajstić information content (AvgIpc) is 3.26. The molecule has 6 aromatic rings. The van der Waals surface area contributed by atoms with Crippen LogP contribution in [0.15, 0.2) is 122 Å². The second-order valence-electron chi connectivity index (χ2n) is 9.11. The number of hydrogen-bond acceptors (Lipinski definition) is 3. The maximum atomic E-state index is 12.8. The van der Waals surface area contributed by atoms with Gasteiger partial charge in [0.05, 0.1) is 23.1 Å². The summed E-state index contributed by atoms with van der Waals surface area (Å²) in [7, 11) is 0. The second-order valence-corrected chi connectivity index (χ2v) is 9.52. The molecule has 0 aliphatic carbocycles. The lowest BCUT2D eigenvalue weighted by atomic mass is 10.0.